The molecule has 5 heteroatoms. The van der Waals surface area contributed by atoms with Crippen LogP contribution in [0.2, 0.25) is 0 Å². The second-order valence-corrected chi connectivity index (χ2v) is 5.94. The van der Waals surface area contributed by atoms with E-state index >= 15 is 0 Å². The highest BCUT2D eigenvalue weighted by Gasteiger charge is 2.26. The van der Waals surface area contributed by atoms with Gasteiger partial charge in [-0.1, -0.05) is 0 Å². The normalized spacial score (nSPS) is 20.8. The van der Waals surface area contributed by atoms with Gasteiger partial charge >= 0.3 is 0 Å². The van der Waals surface area contributed by atoms with Crippen LogP contribution in [0.3, 0.4) is 0 Å². The number of guanidine groups is 1. The zero-order valence-corrected chi connectivity index (χ0v) is 12.8. The van der Waals surface area contributed by atoms with Crippen LogP contribution in [0, 0.1) is 5.92 Å². The number of likely N-dealkylation sites (tertiary alicyclic amines) is 1. The monoisotopic (exact) mass is 291 g/mol. The Bertz CT molecular complexity index is 446. The summed E-state index contributed by atoms with van der Waals surface area (Å²) < 4.78 is 11.3. The summed E-state index contributed by atoms with van der Waals surface area (Å²) in [6, 6.07) is 3.88. The van der Waals surface area contributed by atoms with E-state index in [0.29, 0.717) is 12.6 Å². The molecule has 2 fully saturated rings. The fraction of sp³-hybridized carbons (Fsp3) is 0.688. The van der Waals surface area contributed by atoms with Crippen molar-refractivity contribution in [2.24, 2.45) is 10.9 Å². The number of hydrogen-bond acceptors (Lipinski definition) is 3. The van der Waals surface area contributed by atoms with Crippen LogP contribution >= 0.6 is 0 Å². The second kappa shape index (κ2) is 6.98. The molecular formula is C16H25N3O2. The molecule has 0 spiro atoms. The van der Waals surface area contributed by atoms with Crippen LogP contribution < -0.4 is 5.32 Å². The van der Waals surface area contributed by atoms with Crippen LogP contribution in [0.5, 0.6) is 0 Å². The van der Waals surface area contributed by atoms with Crippen LogP contribution in [-0.4, -0.2) is 43.7 Å². The van der Waals surface area contributed by atoms with E-state index in [2.05, 4.69) is 15.2 Å². The number of nitrogens with zero attached hydrogens (tertiary/aromatic N) is 2. The summed E-state index contributed by atoms with van der Waals surface area (Å²) in [6.07, 6.45) is 7.04. The Balaban J connectivity index is 1.40. The van der Waals surface area contributed by atoms with Gasteiger partial charge in [0.1, 0.15) is 5.76 Å². The van der Waals surface area contributed by atoms with Crippen LogP contribution in [0.4, 0.5) is 0 Å². The van der Waals surface area contributed by atoms with Crippen molar-refractivity contribution in [1.29, 1.82) is 0 Å². The second-order valence-electron chi connectivity index (χ2n) is 5.94. The van der Waals surface area contributed by atoms with Crippen molar-refractivity contribution in [3.63, 3.8) is 0 Å². The summed E-state index contributed by atoms with van der Waals surface area (Å²) in [4.78, 5) is 6.67. The minimum absolute atomic E-state index is 0.435. The molecule has 2 aliphatic rings. The third kappa shape index (κ3) is 4.24. The van der Waals surface area contributed by atoms with Crippen LogP contribution in [0.1, 0.15) is 31.4 Å². The molecule has 0 amide bonds. The predicted octanol–water partition coefficient (Wildman–Crippen LogP) is 2.25. The molecule has 0 atom stereocenters. The zero-order chi connectivity index (χ0) is 14.5. The number of piperidine rings is 1. The van der Waals surface area contributed by atoms with Gasteiger partial charge in [0.2, 0.25) is 0 Å². The molecule has 1 saturated heterocycles. The van der Waals surface area contributed by atoms with Gasteiger partial charge in [0.05, 0.1) is 18.9 Å². The molecule has 3 rings (SSSR count). The van der Waals surface area contributed by atoms with Gasteiger partial charge in [-0.3, -0.25) is 4.99 Å². The number of furan rings is 1. The molecular weight excluding hydrogens is 266 g/mol. The van der Waals surface area contributed by atoms with Crippen LogP contribution in [-0.2, 0) is 11.3 Å². The standard InChI is InChI=1S/C16H25N3O2/c1-17-16(18-11-15-3-2-10-20-15)19-8-6-14(7-9-19)21-12-13-4-5-13/h2-3,10,13-14H,4-9,11-12H2,1H3,(H,17,18). The first kappa shape index (κ1) is 14.4. The molecule has 1 aliphatic heterocycles. The minimum Gasteiger partial charge on any atom is -0.467 e. The van der Waals surface area contributed by atoms with E-state index in [0.717, 1.165) is 50.2 Å². The maximum Gasteiger partial charge on any atom is 0.194 e. The molecule has 0 bridgehead atoms. The first-order valence-corrected chi connectivity index (χ1v) is 7.94. The molecule has 0 unspecified atom stereocenters. The van der Waals surface area contributed by atoms with Crippen molar-refractivity contribution < 1.29 is 9.15 Å². The van der Waals surface area contributed by atoms with Gasteiger partial charge in [0.15, 0.2) is 5.96 Å². The van der Waals surface area contributed by atoms with Crippen molar-refractivity contribution in [3.05, 3.63) is 24.2 Å². The van der Waals surface area contributed by atoms with E-state index in [9.17, 15) is 0 Å². The fourth-order valence-electron chi connectivity index (χ4n) is 2.70. The fourth-order valence-corrected chi connectivity index (χ4v) is 2.70. The number of ether oxygens (including phenoxy) is 1. The SMILES string of the molecule is CN=C(NCc1ccco1)N1CCC(OCC2CC2)CC1. The summed E-state index contributed by atoms with van der Waals surface area (Å²) in [5, 5.41) is 3.36. The van der Waals surface area contributed by atoms with Gasteiger partial charge in [-0.2, -0.15) is 0 Å². The van der Waals surface area contributed by atoms with Gasteiger partial charge in [0, 0.05) is 26.7 Å². The first-order chi connectivity index (χ1) is 10.3. The highest BCUT2D eigenvalue weighted by molar-refractivity contribution is 5.79. The van der Waals surface area contributed by atoms with E-state index in [1.165, 1.54) is 12.8 Å². The van der Waals surface area contributed by atoms with Crippen molar-refractivity contribution in [3.8, 4) is 0 Å². The summed E-state index contributed by atoms with van der Waals surface area (Å²) in [7, 11) is 1.83. The number of aliphatic imine (C=N–C) groups is 1. The van der Waals surface area contributed by atoms with Gasteiger partial charge in [-0.15, -0.1) is 0 Å². The van der Waals surface area contributed by atoms with E-state index in [4.69, 9.17) is 9.15 Å². The molecule has 5 nitrogen and oxygen atoms in total. The third-order valence-corrected chi connectivity index (χ3v) is 4.22. The average Bonchev–Trinajstić information content (AvgIpc) is 3.21. The third-order valence-electron chi connectivity index (χ3n) is 4.22. The van der Waals surface area contributed by atoms with Gasteiger partial charge in [-0.25, -0.2) is 0 Å². The largest absolute Gasteiger partial charge is 0.467 e. The Kier molecular flexibility index (Phi) is 4.80. The van der Waals surface area contributed by atoms with Crippen molar-refractivity contribution in [2.45, 2.75) is 38.3 Å². The number of hydrogen-bond donors (Lipinski definition) is 1. The quantitative estimate of drug-likeness (QED) is 0.668. The molecule has 1 aromatic rings. The predicted molar refractivity (Wildman–Crippen MR) is 82.2 cm³/mol. The van der Waals surface area contributed by atoms with Crippen molar-refractivity contribution in [2.75, 3.05) is 26.7 Å². The lowest BCUT2D eigenvalue weighted by Crippen LogP contribution is -2.46. The lowest BCUT2D eigenvalue weighted by Gasteiger charge is -2.34. The lowest BCUT2D eigenvalue weighted by molar-refractivity contribution is 0.0131. The number of rotatable bonds is 5. The summed E-state index contributed by atoms with van der Waals surface area (Å²) in [6.45, 7) is 3.66. The Morgan fingerprint density at radius 1 is 1.38 bits per heavy atom. The molecule has 1 saturated carbocycles. The summed E-state index contributed by atoms with van der Waals surface area (Å²) in [5.41, 5.74) is 0. The molecule has 21 heavy (non-hydrogen) atoms. The Morgan fingerprint density at radius 2 is 2.19 bits per heavy atom. The van der Waals surface area contributed by atoms with Gasteiger partial charge in [0.25, 0.3) is 0 Å². The average molecular weight is 291 g/mol. The first-order valence-electron chi connectivity index (χ1n) is 7.94. The molecule has 1 N–H and O–H groups in total. The molecule has 1 aromatic heterocycles. The molecule has 0 radical (unpaired) electrons. The van der Waals surface area contributed by atoms with E-state index in [1.54, 1.807) is 6.26 Å². The van der Waals surface area contributed by atoms with Gasteiger partial charge in [-0.05, 0) is 43.7 Å². The summed E-state index contributed by atoms with van der Waals surface area (Å²) >= 11 is 0. The highest BCUT2D eigenvalue weighted by atomic mass is 16.5. The maximum atomic E-state index is 5.99. The Labute approximate surface area is 126 Å². The van der Waals surface area contributed by atoms with E-state index in [1.807, 2.05) is 19.2 Å². The smallest absolute Gasteiger partial charge is 0.194 e. The lowest BCUT2D eigenvalue weighted by atomic mass is 10.1. The van der Waals surface area contributed by atoms with Crippen molar-refractivity contribution in [1.82, 2.24) is 10.2 Å². The molecule has 116 valence electrons. The molecule has 2 heterocycles. The number of nitrogens with one attached hydrogen (secondary N) is 1. The van der Waals surface area contributed by atoms with Crippen LogP contribution in [0.15, 0.2) is 27.8 Å². The Morgan fingerprint density at radius 3 is 2.81 bits per heavy atom. The van der Waals surface area contributed by atoms with E-state index in [-0.39, 0.29) is 0 Å². The zero-order valence-electron chi connectivity index (χ0n) is 12.8. The van der Waals surface area contributed by atoms with Gasteiger partial charge < -0.3 is 19.4 Å². The maximum absolute atomic E-state index is 5.99. The van der Waals surface area contributed by atoms with Crippen LogP contribution in [0.25, 0.3) is 0 Å². The topological polar surface area (TPSA) is 50.0 Å². The minimum atomic E-state index is 0.435. The highest BCUT2D eigenvalue weighted by Crippen LogP contribution is 2.30. The molecule has 1 aliphatic carbocycles. The van der Waals surface area contributed by atoms with Crippen molar-refractivity contribution >= 4 is 5.96 Å². The summed E-state index contributed by atoms with van der Waals surface area (Å²) in [5.74, 6) is 2.73. The molecule has 0 aromatic carbocycles. The Hall–Kier alpha value is -1.49. The van der Waals surface area contributed by atoms with E-state index < -0.39 is 0 Å².